The van der Waals surface area contributed by atoms with Crippen molar-refractivity contribution >= 4 is 11.9 Å². The van der Waals surface area contributed by atoms with Crippen molar-refractivity contribution in [2.24, 2.45) is 0 Å². The van der Waals surface area contributed by atoms with Crippen LogP contribution >= 0.6 is 0 Å². The zero-order chi connectivity index (χ0) is 28.6. The molecule has 0 fully saturated rings. The summed E-state index contributed by atoms with van der Waals surface area (Å²) in [6.45, 7) is 1.64. The van der Waals surface area contributed by atoms with Crippen LogP contribution in [0.5, 0.6) is 0 Å². The predicted octanol–water partition coefficient (Wildman–Crippen LogP) is 6.44. The van der Waals surface area contributed by atoms with E-state index in [0.29, 0.717) is 6.42 Å². The number of esters is 1. The summed E-state index contributed by atoms with van der Waals surface area (Å²) in [7, 11) is 1.32. The first-order chi connectivity index (χ1) is 20.0. The molecule has 0 bridgehead atoms. The lowest BCUT2D eigenvalue weighted by Crippen LogP contribution is -2.54. The normalized spacial score (nSPS) is 12.2. The van der Waals surface area contributed by atoms with Gasteiger partial charge in [-0.2, -0.15) is 4.57 Å². The van der Waals surface area contributed by atoms with Gasteiger partial charge in [-0.15, -0.1) is 0 Å². The van der Waals surface area contributed by atoms with Crippen molar-refractivity contribution in [3.8, 4) is 33.6 Å². The molecule has 0 aliphatic heterocycles. The summed E-state index contributed by atoms with van der Waals surface area (Å²) in [5.74, 6) is -0.758. The third-order valence-corrected chi connectivity index (χ3v) is 7.15. The van der Waals surface area contributed by atoms with Crippen LogP contribution in [0.1, 0.15) is 18.5 Å². The van der Waals surface area contributed by atoms with Crippen LogP contribution in [0.15, 0.2) is 133 Å². The Morgan fingerprint density at radius 1 is 0.659 bits per heavy atom. The second-order valence-corrected chi connectivity index (χ2v) is 9.94. The Hall–Kier alpha value is -5.03. The summed E-state index contributed by atoms with van der Waals surface area (Å²) < 4.78 is 7.02. The molecule has 0 saturated carbocycles. The third kappa shape index (κ3) is 6.42. The van der Waals surface area contributed by atoms with Crippen molar-refractivity contribution in [3.63, 3.8) is 0 Å². The van der Waals surface area contributed by atoms with Crippen molar-refractivity contribution in [2.75, 3.05) is 7.11 Å². The van der Waals surface area contributed by atoms with Crippen LogP contribution in [-0.2, 0) is 20.7 Å². The molecule has 41 heavy (non-hydrogen) atoms. The molecule has 1 amide bonds. The van der Waals surface area contributed by atoms with Crippen LogP contribution < -0.4 is 9.88 Å². The molecule has 5 heteroatoms. The number of pyridine rings is 1. The van der Waals surface area contributed by atoms with Gasteiger partial charge in [0, 0.05) is 29.7 Å². The lowest BCUT2D eigenvalue weighted by Gasteiger charge is -2.21. The van der Waals surface area contributed by atoms with E-state index in [2.05, 4.69) is 58.4 Å². The number of hydrogen-bond acceptors (Lipinski definition) is 3. The van der Waals surface area contributed by atoms with Crippen molar-refractivity contribution in [1.82, 2.24) is 5.32 Å². The van der Waals surface area contributed by atoms with E-state index in [-0.39, 0.29) is 5.91 Å². The van der Waals surface area contributed by atoms with E-state index in [1.54, 1.807) is 6.92 Å². The number of aromatic nitrogens is 1. The minimum atomic E-state index is -0.796. The fourth-order valence-corrected chi connectivity index (χ4v) is 5.08. The standard InChI is InChI=1S/C36H32N2O3/c1-26(36(40)41-2)37-35(39)34(23-27-15-7-3-8-16-27)38-32(29-19-11-5-12-20-29)24-31(28-17-9-4-10-18-28)25-33(38)30-21-13-6-14-22-30/h3-22,24-26,34H,23H2,1-2H3/p+1. The van der Waals surface area contributed by atoms with Crippen molar-refractivity contribution in [3.05, 3.63) is 139 Å². The zero-order valence-electron chi connectivity index (χ0n) is 23.2. The van der Waals surface area contributed by atoms with Crippen molar-refractivity contribution < 1.29 is 18.9 Å². The minimum absolute atomic E-state index is 0.265. The molecule has 1 N–H and O–H groups in total. The van der Waals surface area contributed by atoms with E-state index in [9.17, 15) is 9.59 Å². The molecule has 0 aliphatic rings. The van der Waals surface area contributed by atoms with Gasteiger partial charge in [-0.3, -0.25) is 4.79 Å². The Balaban J connectivity index is 1.79. The monoisotopic (exact) mass is 541 g/mol. The summed E-state index contributed by atoms with van der Waals surface area (Å²) >= 11 is 0. The predicted molar refractivity (Wildman–Crippen MR) is 162 cm³/mol. The number of carbonyl (C=O) groups excluding carboxylic acids is 2. The highest BCUT2D eigenvalue weighted by atomic mass is 16.5. The SMILES string of the molecule is COC(=O)C(C)NC(=O)C(Cc1ccccc1)[n+]1c(-c2ccccc2)cc(-c2ccccc2)cc1-c1ccccc1. The van der Waals surface area contributed by atoms with E-state index in [0.717, 1.165) is 39.2 Å². The smallest absolute Gasteiger partial charge is 0.328 e. The first-order valence-corrected chi connectivity index (χ1v) is 13.7. The summed E-state index contributed by atoms with van der Waals surface area (Å²) in [5, 5.41) is 2.92. The molecule has 2 unspecified atom stereocenters. The number of ether oxygens (including phenoxy) is 1. The molecular formula is C36H33N2O3+. The van der Waals surface area contributed by atoms with Crippen LogP contribution in [-0.4, -0.2) is 25.0 Å². The highest BCUT2D eigenvalue weighted by Crippen LogP contribution is 2.31. The van der Waals surface area contributed by atoms with Crippen LogP contribution in [0.25, 0.3) is 33.6 Å². The Kier molecular flexibility index (Phi) is 8.65. The summed E-state index contributed by atoms with van der Waals surface area (Å²) in [5.41, 5.74) is 6.89. The second-order valence-electron chi connectivity index (χ2n) is 9.94. The molecule has 0 saturated heterocycles. The van der Waals surface area contributed by atoms with Crippen LogP contribution in [0.2, 0.25) is 0 Å². The van der Waals surface area contributed by atoms with Gasteiger partial charge in [-0.25, -0.2) is 4.79 Å². The quantitative estimate of drug-likeness (QED) is 0.173. The van der Waals surface area contributed by atoms with E-state index in [1.807, 2.05) is 84.9 Å². The fraction of sp³-hybridized carbons (Fsp3) is 0.139. The average Bonchev–Trinajstić information content (AvgIpc) is 3.04. The highest BCUT2D eigenvalue weighted by molar-refractivity contribution is 5.86. The second kappa shape index (κ2) is 12.9. The van der Waals surface area contributed by atoms with E-state index < -0.39 is 18.1 Å². The number of benzene rings is 4. The average molecular weight is 542 g/mol. The molecule has 5 aromatic rings. The van der Waals surface area contributed by atoms with E-state index in [4.69, 9.17) is 4.74 Å². The lowest BCUT2D eigenvalue weighted by atomic mass is 9.96. The lowest BCUT2D eigenvalue weighted by molar-refractivity contribution is -0.688. The summed E-state index contributed by atoms with van der Waals surface area (Å²) in [6.07, 6.45) is 0.426. The Labute approximate surface area is 241 Å². The number of hydrogen-bond donors (Lipinski definition) is 1. The maximum absolute atomic E-state index is 14.2. The number of nitrogens with one attached hydrogen (secondary N) is 1. The molecule has 0 radical (unpaired) electrons. The molecule has 1 heterocycles. The number of amides is 1. The minimum Gasteiger partial charge on any atom is -0.467 e. The largest absolute Gasteiger partial charge is 0.467 e. The number of rotatable bonds is 9. The topological polar surface area (TPSA) is 59.3 Å². The molecule has 4 aromatic carbocycles. The van der Waals surface area contributed by atoms with Gasteiger partial charge in [0.2, 0.25) is 17.4 Å². The maximum atomic E-state index is 14.2. The van der Waals surface area contributed by atoms with Gasteiger partial charge in [-0.05, 0) is 47.9 Å². The van der Waals surface area contributed by atoms with Gasteiger partial charge in [0.15, 0.2) is 0 Å². The first-order valence-electron chi connectivity index (χ1n) is 13.7. The highest BCUT2D eigenvalue weighted by Gasteiger charge is 2.36. The third-order valence-electron chi connectivity index (χ3n) is 7.15. The van der Waals surface area contributed by atoms with E-state index >= 15 is 0 Å². The van der Waals surface area contributed by atoms with Gasteiger partial charge >= 0.3 is 5.97 Å². The molecule has 2 atom stereocenters. The van der Waals surface area contributed by atoms with Gasteiger partial charge in [0.05, 0.1) is 7.11 Å². The Morgan fingerprint density at radius 3 is 1.56 bits per heavy atom. The number of methoxy groups -OCH3 is 1. The van der Waals surface area contributed by atoms with Gasteiger partial charge in [0.25, 0.3) is 5.91 Å². The first kappa shape index (κ1) is 27.5. The van der Waals surface area contributed by atoms with Crippen molar-refractivity contribution in [1.29, 1.82) is 0 Å². The molecule has 204 valence electrons. The van der Waals surface area contributed by atoms with Gasteiger partial charge in [0.1, 0.15) is 6.04 Å². The molecule has 1 aromatic heterocycles. The van der Waals surface area contributed by atoms with Gasteiger partial charge < -0.3 is 10.1 Å². The summed E-state index contributed by atoms with van der Waals surface area (Å²) in [6, 6.07) is 43.2. The molecule has 0 aliphatic carbocycles. The van der Waals surface area contributed by atoms with Crippen LogP contribution in [0, 0.1) is 0 Å². The van der Waals surface area contributed by atoms with Crippen molar-refractivity contribution in [2.45, 2.75) is 25.4 Å². The maximum Gasteiger partial charge on any atom is 0.328 e. The Morgan fingerprint density at radius 2 is 1.10 bits per heavy atom. The van der Waals surface area contributed by atoms with Crippen LogP contribution in [0.4, 0.5) is 0 Å². The van der Waals surface area contributed by atoms with Crippen LogP contribution in [0.3, 0.4) is 0 Å². The number of nitrogens with zero attached hydrogens (tertiary/aromatic N) is 1. The Bertz CT molecular complexity index is 1540. The van der Waals surface area contributed by atoms with Gasteiger partial charge in [-0.1, -0.05) is 97.1 Å². The van der Waals surface area contributed by atoms with E-state index in [1.165, 1.54) is 7.11 Å². The molecule has 0 spiro atoms. The zero-order valence-corrected chi connectivity index (χ0v) is 23.2. The molecule has 5 rings (SSSR count). The number of carbonyl (C=O) groups is 2. The fourth-order valence-electron chi connectivity index (χ4n) is 5.08. The molecule has 5 nitrogen and oxygen atoms in total. The molecular weight excluding hydrogens is 508 g/mol. The summed E-state index contributed by atoms with van der Waals surface area (Å²) in [4.78, 5) is 26.5.